The highest BCUT2D eigenvalue weighted by Gasteiger charge is 2.40. The van der Waals surface area contributed by atoms with Crippen LogP contribution in [0.25, 0.3) is 0 Å². The topological polar surface area (TPSA) is 133 Å². The van der Waals surface area contributed by atoms with Gasteiger partial charge >= 0.3 is 11.9 Å². The van der Waals surface area contributed by atoms with Gasteiger partial charge in [-0.25, -0.2) is 9.78 Å². The van der Waals surface area contributed by atoms with E-state index in [-0.39, 0.29) is 17.4 Å². The van der Waals surface area contributed by atoms with Gasteiger partial charge in [-0.1, -0.05) is 30.3 Å². The number of hydrogen-bond acceptors (Lipinski definition) is 10. The van der Waals surface area contributed by atoms with Crippen molar-refractivity contribution in [3.8, 4) is 11.5 Å². The van der Waals surface area contributed by atoms with Gasteiger partial charge in [-0.15, -0.1) is 11.8 Å². The number of aromatic nitrogens is 1. The van der Waals surface area contributed by atoms with Gasteiger partial charge < -0.3 is 29.4 Å². The molecule has 0 bridgehead atoms. The zero-order valence-corrected chi connectivity index (χ0v) is 20.4. The Balaban J connectivity index is 1.83. The maximum absolute atomic E-state index is 13.1. The van der Waals surface area contributed by atoms with Crippen LogP contribution >= 0.6 is 11.8 Å². The smallest absolute Gasteiger partial charge is 0.332 e. The number of carbonyl (C=O) groups excluding carboxylic acids is 3. The Labute approximate surface area is 207 Å². The van der Waals surface area contributed by atoms with Gasteiger partial charge in [0.1, 0.15) is 18.8 Å². The minimum Gasteiger partial charge on any atom is -0.503 e. The quantitative estimate of drug-likeness (QED) is 0.406. The summed E-state index contributed by atoms with van der Waals surface area (Å²) in [5.74, 6) is -3.15. The minimum atomic E-state index is -1.32. The minimum absolute atomic E-state index is 0.0415. The van der Waals surface area contributed by atoms with Crippen LogP contribution < -0.4 is 10.1 Å². The molecule has 1 aliphatic rings. The first-order chi connectivity index (χ1) is 16.8. The Morgan fingerprint density at radius 2 is 1.97 bits per heavy atom. The molecular formula is C24H28N2O8S. The Morgan fingerprint density at radius 1 is 1.23 bits per heavy atom. The highest BCUT2D eigenvalue weighted by molar-refractivity contribution is 7.98. The first-order valence-electron chi connectivity index (χ1n) is 10.9. The van der Waals surface area contributed by atoms with E-state index in [1.54, 1.807) is 6.92 Å². The van der Waals surface area contributed by atoms with E-state index < -0.39 is 54.4 Å². The monoisotopic (exact) mass is 504 g/mol. The maximum Gasteiger partial charge on any atom is 0.332 e. The molecule has 188 valence electrons. The van der Waals surface area contributed by atoms with E-state index in [0.717, 1.165) is 5.56 Å². The standard InChI is InChI=1S/C24H28N2O8S/c1-14-21(33-13-35-3)16(11-15-7-5-4-6-8-15)23(29)32-12-17(24(30)34-14)26-22(28)19-20(27)18(31-2)9-10-25-19/h4-10,14,16-17,21,27H,11-13H2,1-3H3,(H,26,28). The van der Waals surface area contributed by atoms with E-state index in [2.05, 4.69) is 10.3 Å². The number of nitrogens with one attached hydrogen (secondary N) is 1. The number of methoxy groups -OCH3 is 1. The number of ether oxygens (including phenoxy) is 4. The van der Waals surface area contributed by atoms with Crippen LogP contribution in [0.15, 0.2) is 42.6 Å². The molecule has 1 aliphatic heterocycles. The summed E-state index contributed by atoms with van der Waals surface area (Å²) in [4.78, 5) is 42.6. The second kappa shape index (κ2) is 12.4. The van der Waals surface area contributed by atoms with Gasteiger partial charge in [0.05, 0.1) is 19.0 Å². The van der Waals surface area contributed by atoms with Crippen LogP contribution in [0.1, 0.15) is 23.0 Å². The molecule has 10 nitrogen and oxygen atoms in total. The molecule has 0 radical (unpaired) electrons. The van der Waals surface area contributed by atoms with Crippen LogP contribution in [0.2, 0.25) is 0 Å². The molecule has 1 fully saturated rings. The van der Waals surface area contributed by atoms with Crippen LogP contribution in [0.3, 0.4) is 0 Å². The van der Waals surface area contributed by atoms with Crippen molar-refractivity contribution in [2.75, 3.05) is 25.9 Å². The third-order valence-corrected chi connectivity index (χ3v) is 5.82. The fourth-order valence-electron chi connectivity index (χ4n) is 3.69. The summed E-state index contributed by atoms with van der Waals surface area (Å²) in [7, 11) is 1.33. The molecule has 3 rings (SSSR count). The molecule has 2 aromatic rings. The molecular weight excluding hydrogens is 476 g/mol. The van der Waals surface area contributed by atoms with Crippen molar-refractivity contribution in [3.63, 3.8) is 0 Å². The second-order valence-corrected chi connectivity index (χ2v) is 8.66. The van der Waals surface area contributed by atoms with E-state index in [1.165, 1.54) is 31.1 Å². The third-order valence-electron chi connectivity index (χ3n) is 5.45. The lowest BCUT2D eigenvalue weighted by Crippen LogP contribution is -2.46. The maximum atomic E-state index is 13.1. The molecule has 2 heterocycles. The van der Waals surface area contributed by atoms with E-state index in [4.69, 9.17) is 18.9 Å². The van der Waals surface area contributed by atoms with Crippen LogP contribution in [0, 0.1) is 5.92 Å². The molecule has 1 aromatic carbocycles. The van der Waals surface area contributed by atoms with Crippen LogP contribution in [-0.4, -0.2) is 72.1 Å². The second-order valence-electron chi connectivity index (χ2n) is 7.84. The molecule has 4 unspecified atom stereocenters. The van der Waals surface area contributed by atoms with Crippen molar-refractivity contribution in [1.82, 2.24) is 10.3 Å². The first-order valence-corrected chi connectivity index (χ1v) is 12.3. The average Bonchev–Trinajstić information content (AvgIpc) is 2.89. The molecule has 0 spiro atoms. The lowest BCUT2D eigenvalue weighted by atomic mass is 9.91. The predicted octanol–water partition coefficient (Wildman–Crippen LogP) is 1.95. The molecule has 1 aromatic heterocycles. The van der Waals surface area contributed by atoms with Crippen molar-refractivity contribution in [1.29, 1.82) is 0 Å². The Bertz CT molecular complexity index is 1040. The van der Waals surface area contributed by atoms with Crippen LogP contribution in [0.5, 0.6) is 11.5 Å². The molecule has 0 aliphatic carbocycles. The predicted molar refractivity (Wildman–Crippen MR) is 127 cm³/mol. The SMILES string of the molecule is COc1ccnc(C(=O)NC2COC(=O)C(Cc3ccccc3)C(OCSC)C(C)OC2=O)c1O. The Kier molecular flexibility index (Phi) is 9.32. The average molecular weight is 505 g/mol. The summed E-state index contributed by atoms with van der Waals surface area (Å²) < 4.78 is 21.9. The molecule has 1 saturated heterocycles. The Morgan fingerprint density at radius 3 is 2.66 bits per heavy atom. The zero-order chi connectivity index (χ0) is 25.4. The number of aromatic hydroxyl groups is 1. The van der Waals surface area contributed by atoms with E-state index in [9.17, 15) is 19.5 Å². The van der Waals surface area contributed by atoms with Gasteiger partial charge in [0.15, 0.2) is 23.2 Å². The molecule has 2 N–H and O–H groups in total. The van der Waals surface area contributed by atoms with E-state index in [0.29, 0.717) is 6.42 Å². The normalized spacial score (nSPS) is 22.7. The molecule has 35 heavy (non-hydrogen) atoms. The summed E-state index contributed by atoms with van der Waals surface area (Å²) in [6.07, 6.45) is 1.87. The number of benzene rings is 1. The highest BCUT2D eigenvalue weighted by atomic mass is 32.2. The molecule has 0 saturated carbocycles. The molecule has 1 amide bonds. The molecule has 11 heteroatoms. The number of esters is 2. The lowest BCUT2D eigenvalue weighted by molar-refractivity contribution is -0.162. The summed E-state index contributed by atoms with van der Waals surface area (Å²) >= 11 is 1.42. The van der Waals surface area contributed by atoms with Crippen molar-refractivity contribution >= 4 is 29.6 Å². The van der Waals surface area contributed by atoms with Crippen molar-refractivity contribution in [2.45, 2.75) is 31.6 Å². The number of thioether (sulfide) groups is 1. The number of carbonyl (C=O) groups is 3. The summed E-state index contributed by atoms with van der Waals surface area (Å²) in [6, 6.07) is 9.44. The summed E-state index contributed by atoms with van der Waals surface area (Å²) in [5.41, 5.74) is 0.550. The number of nitrogens with zero attached hydrogens (tertiary/aromatic N) is 1. The number of pyridine rings is 1. The van der Waals surface area contributed by atoms with Crippen LogP contribution in [-0.2, 0) is 30.2 Å². The fourth-order valence-corrected chi connectivity index (χ4v) is 3.99. The summed E-state index contributed by atoms with van der Waals surface area (Å²) in [6.45, 7) is 1.18. The number of amides is 1. The molecule has 4 atom stereocenters. The first kappa shape index (κ1) is 26.3. The van der Waals surface area contributed by atoms with Gasteiger partial charge in [-0.2, -0.15) is 0 Å². The van der Waals surface area contributed by atoms with Crippen molar-refractivity contribution < 1.29 is 38.4 Å². The van der Waals surface area contributed by atoms with Crippen LogP contribution in [0.4, 0.5) is 0 Å². The fraction of sp³-hybridized carbons (Fsp3) is 0.417. The highest BCUT2D eigenvalue weighted by Crippen LogP contribution is 2.28. The van der Waals surface area contributed by atoms with Gasteiger partial charge in [-0.05, 0) is 25.2 Å². The lowest BCUT2D eigenvalue weighted by Gasteiger charge is -2.29. The Hall–Kier alpha value is -3.31. The van der Waals surface area contributed by atoms with Gasteiger partial charge in [0.2, 0.25) is 0 Å². The number of hydrogen-bond donors (Lipinski definition) is 2. The largest absolute Gasteiger partial charge is 0.503 e. The van der Waals surface area contributed by atoms with Gasteiger partial charge in [0, 0.05) is 12.3 Å². The van der Waals surface area contributed by atoms with E-state index in [1.807, 2.05) is 36.6 Å². The third kappa shape index (κ3) is 6.64. The number of rotatable bonds is 8. The van der Waals surface area contributed by atoms with Gasteiger partial charge in [-0.3, -0.25) is 9.59 Å². The number of cyclic esters (lactones) is 2. The van der Waals surface area contributed by atoms with E-state index >= 15 is 0 Å². The zero-order valence-electron chi connectivity index (χ0n) is 19.6. The van der Waals surface area contributed by atoms with Gasteiger partial charge in [0.25, 0.3) is 5.91 Å². The van der Waals surface area contributed by atoms with Crippen molar-refractivity contribution in [2.24, 2.45) is 5.92 Å². The van der Waals surface area contributed by atoms with Crippen molar-refractivity contribution in [3.05, 3.63) is 53.9 Å². The summed E-state index contributed by atoms with van der Waals surface area (Å²) in [5, 5.41) is 12.6.